The van der Waals surface area contributed by atoms with Crippen molar-refractivity contribution in [3.63, 3.8) is 0 Å². The number of para-hydroxylation sites is 1. The summed E-state index contributed by atoms with van der Waals surface area (Å²) in [4.78, 5) is 38.2. The van der Waals surface area contributed by atoms with Gasteiger partial charge in [0.15, 0.2) is 5.16 Å². The van der Waals surface area contributed by atoms with E-state index in [-0.39, 0.29) is 24.7 Å². The highest BCUT2D eigenvalue weighted by Crippen LogP contribution is 2.48. The molecule has 1 aromatic carbocycles. The number of alkyl halides is 3. The molecule has 3 heterocycles. The molecule has 3 amide bonds. The van der Waals surface area contributed by atoms with E-state index >= 15 is 0 Å². The number of carbonyl (C=O) groups excluding carboxylic acids is 2. The molecule has 2 aliphatic heterocycles. The molecular formula is C21H22F3N5O2S. The molecule has 2 aromatic rings. The smallest absolute Gasteiger partial charge is 0.313 e. The van der Waals surface area contributed by atoms with Gasteiger partial charge in [0.1, 0.15) is 5.82 Å². The second-order valence-corrected chi connectivity index (χ2v) is 9.18. The fraction of sp³-hybridized carbons (Fsp3) is 0.429. The Kier molecular flexibility index (Phi) is 5.35. The summed E-state index contributed by atoms with van der Waals surface area (Å²) in [6.45, 7) is 3.38. The second-order valence-electron chi connectivity index (χ2n) is 8.40. The van der Waals surface area contributed by atoms with Crippen LogP contribution in [0, 0.1) is 0 Å². The van der Waals surface area contributed by atoms with Crippen molar-refractivity contribution in [3.8, 4) is 0 Å². The molecule has 0 fully saturated rings. The highest BCUT2D eigenvalue weighted by atomic mass is 32.2. The lowest BCUT2D eigenvalue weighted by molar-refractivity contribution is -0.172. The zero-order valence-electron chi connectivity index (χ0n) is 18.0. The Hall–Kier alpha value is -2.82. The van der Waals surface area contributed by atoms with Crippen molar-refractivity contribution in [2.75, 3.05) is 23.1 Å². The Morgan fingerprint density at radius 1 is 1.25 bits per heavy atom. The molecule has 1 aromatic heterocycles. The minimum Gasteiger partial charge on any atom is -0.313 e. The average molecular weight is 466 g/mol. The molecule has 11 heteroatoms. The SMILES string of the molecule is CSc1ncc2c(n1)N(C)C(=O)N(C1CC(C)(C)N(C(=O)C(F)(F)F)c3ccccc31)C2. The Labute approximate surface area is 187 Å². The predicted octanol–water partition coefficient (Wildman–Crippen LogP) is 4.39. The van der Waals surface area contributed by atoms with Crippen LogP contribution in [0.4, 0.5) is 29.5 Å². The highest BCUT2D eigenvalue weighted by Gasteiger charge is 2.52. The summed E-state index contributed by atoms with van der Waals surface area (Å²) in [6.07, 6.45) is -1.36. The fourth-order valence-corrected chi connectivity index (χ4v) is 4.76. The quantitative estimate of drug-likeness (QED) is 0.486. The Bertz CT molecular complexity index is 1090. The van der Waals surface area contributed by atoms with Crippen LogP contribution >= 0.6 is 11.8 Å². The van der Waals surface area contributed by atoms with Crippen LogP contribution in [0.5, 0.6) is 0 Å². The number of aromatic nitrogens is 2. The summed E-state index contributed by atoms with van der Waals surface area (Å²) < 4.78 is 40.2. The number of carbonyl (C=O) groups is 2. The molecule has 2 aliphatic rings. The van der Waals surface area contributed by atoms with E-state index in [1.54, 1.807) is 50.2 Å². The Morgan fingerprint density at radius 2 is 1.94 bits per heavy atom. The first-order valence-electron chi connectivity index (χ1n) is 9.90. The van der Waals surface area contributed by atoms with E-state index in [0.29, 0.717) is 16.5 Å². The number of anilines is 2. The molecule has 0 saturated carbocycles. The molecule has 32 heavy (non-hydrogen) atoms. The van der Waals surface area contributed by atoms with Gasteiger partial charge in [-0.05, 0) is 38.2 Å². The first-order chi connectivity index (χ1) is 15.0. The van der Waals surface area contributed by atoms with E-state index in [1.807, 2.05) is 6.26 Å². The normalized spacial score (nSPS) is 20.2. The molecule has 170 valence electrons. The summed E-state index contributed by atoms with van der Waals surface area (Å²) in [5.41, 5.74) is 0.223. The number of rotatable bonds is 2. The third kappa shape index (κ3) is 3.58. The van der Waals surface area contributed by atoms with Gasteiger partial charge < -0.3 is 4.90 Å². The number of urea groups is 1. The van der Waals surface area contributed by atoms with Gasteiger partial charge in [-0.25, -0.2) is 14.8 Å². The molecule has 0 aliphatic carbocycles. The van der Waals surface area contributed by atoms with E-state index in [2.05, 4.69) is 9.97 Å². The lowest BCUT2D eigenvalue weighted by atomic mass is 9.82. The van der Waals surface area contributed by atoms with Gasteiger partial charge in [0.2, 0.25) is 0 Å². The van der Waals surface area contributed by atoms with Crippen molar-refractivity contribution >= 4 is 35.2 Å². The van der Waals surface area contributed by atoms with E-state index in [4.69, 9.17) is 0 Å². The zero-order chi connectivity index (χ0) is 23.4. The van der Waals surface area contributed by atoms with E-state index in [1.165, 1.54) is 22.7 Å². The van der Waals surface area contributed by atoms with Crippen molar-refractivity contribution in [1.29, 1.82) is 0 Å². The van der Waals surface area contributed by atoms with Gasteiger partial charge >= 0.3 is 18.1 Å². The van der Waals surface area contributed by atoms with Crippen LogP contribution in [0.2, 0.25) is 0 Å². The molecule has 0 N–H and O–H groups in total. The summed E-state index contributed by atoms with van der Waals surface area (Å²) >= 11 is 1.37. The lowest BCUT2D eigenvalue weighted by Gasteiger charge is -2.50. The summed E-state index contributed by atoms with van der Waals surface area (Å²) in [5, 5.41) is 0.544. The Morgan fingerprint density at radius 3 is 2.59 bits per heavy atom. The standard InChI is InChI=1S/C21H22F3N5O2S/c1-20(2)9-15(13-7-5-6-8-14(13)29(20)17(30)21(22,23)24)28-11-12-10-25-18(32-4)26-16(12)27(3)19(28)31/h5-8,10,15H,9,11H2,1-4H3. The average Bonchev–Trinajstić information content (AvgIpc) is 2.74. The molecule has 0 spiro atoms. The molecule has 0 saturated heterocycles. The van der Waals surface area contributed by atoms with Crippen LogP contribution in [0.1, 0.15) is 37.4 Å². The van der Waals surface area contributed by atoms with Gasteiger partial charge in [-0.15, -0.1) is 0 Å². The predicted molar refractivity (Wildman–Crippen MR) is 115 cm³/mol. The third-order valence-electron chi connectivity index (χ3n) is 5.85. The van der Waals surface area contributed by atoms with Gasteiger partial charge in [0.25, 0.3) is 0 Å². The summed E-state index contributed by atoms with van der Waals surface area (Å²) in [5.74, 6) is -1.40. The highest BCUT2D eigenvalue weighted by molar-refractivity contribution is 7.98. The van der Waals surface area contributed by atoms with Gasteiger partial charge in [-0.2, -0.15) is 13.2 Å². The number of halogens is 3. The van der Waals surface area contributed by atoms with Crippen LogP contribution in [0.25, 0.3) is 0 Å². The second kappa shape index (κ2) is 7.65. The molecular weight excluding hydrogens is 443 g/mol. The Balaban J connectivity index is 1.79. The van der Waals surface area contributed by atoms with Crippen molar-refractivity contribution in [1.82, 2.24) is 14.9 Å². The van der Waals surface area contributed by atoms with E-state index in [0.717, 1.165) is 10.5 Å². The number of benzene rings is 1. The minimum absolute atomic E-state index is 0.143. The van der Waals surface area contributed by atoms with E-state index in [9.17, 15) is 22.8 Å². The topological polar surface area (TPSA) is 69.6 Å². The zero-order valence-corrected chi connectivity index (χ0v) is 18.8. The number of hydrogen-bond donors (Lipinski definition) is 0. The number of amides is 3. The van der Waals surface area contributed by atoms with Gasteiger partial charge in [0, 0.05) is 30.0 Å². The first kappa shape index (κ1) is 22.4. The maximum absolute atomic E-state index is 13.4. The molecule has 0 bridgehead atoms. The van der Waals surface area contributed by atoms with Crippen LogP contribution in [-0.4, -0.2) is 51.8 Å². The van der Waals surface area contributed by atoms with Gasteiger partial charge in [-0.1, -0.05) is 30.0 Å². The maximum atomic E-state index is 13.4. The number of hydrogen-bond acceptors (Lipinski definition) is 5. The number of thioether (sulfide) groups is 1. The van der Waals surface area contributed by atoms with Crippen molar-refractivity contribution < 1.29 is 22.8 Å². The van der Waals surface area contributed by atoms with Crippen molar-refractivity contribution in [2.45, 2.75) is 49.7 Å². The third-order valence-corrected chi connectivity index (χ3v) is 6.41. The van der Waals surface area contributed by atoms with Gasteiger partial charge in [-0.3, -0.25) is 14.6 Å². The summed E-state index contributed by atoms with van der Waals surface area (Å²) in [6, 6.07) is 5.61. The van der Waals surface area contributed by atoms with Crippen LogP contribution in [0.15, 0.2) is 35.6 Å². The summed E-state index contributed by atoms with van der Waals surface area (Å²) in [7, 11) is 1.61. The van der Waals surface area contributed by atoms with Crippen LogP contribution in [0.3, 0.4) is 0 Å². The molecule has 1 unspecified atom stereocenters. The number of fused-ring (bicyclic) bond motifs is 2. The minimum atomic E-state index is -5.01. The van der Waals surface area contributed by atoms with Crippen molar-refractivity contribution in [3.05, 3.63) is 41.6 Å². The monoisotopic (exact) mass is 465 g/mol. The fourth-order valence-electron chi connectivity index (χ4n) is 4.42. The van der Waals surface area contributed by atoms with Crippen LogP contribution in [-0.2, 0) is 11.3 Å². The van der Waals surface area contributed by atoms with E-state index < -0.39 is 23.7 Å². The molecule has 4 rings (SSSR count). The molecule has 1 atom stereocenters. The van der Waals surface area contributed by atoms with Gasteiger partial charge in [0.05, 0.1) is 12.6 Å². The van der Waals surface area contributed by atoms with Crippen LogP contribution < -0.4 is 9.80 Å². The molecule has 0 radical (unpaired) electrons. The number of nitrogens with zero attached hydrogens (tertiary/aromatic N) is 5. The van der Waals surface area contributed by atoms with Crippen molar-refractivity contribution in [2.24, 2.45) is 0 Å². The first-order valence-corrected chi connectivity index (χ1v) is 11.1. The maximum Gasteiger partial charge on any atom is 0.471 e. The molecule has 7 nitrogen and oxygen atoms in total. The largest absolute Gasteiger partial charge is 0.471 e. The lowest BCUT2D eigenvalue weighted by Crippen LogP contribution is -2.58.